The molecule has 1 saturated heterocycles. The molecule has 2 aromatic rings. The number of benzene rings is 1. The first kappa shape index (κ1) is 17.9. The number of amides is 1. The van der Waals surface area contributed by atoms with E-state index in [1.807, 2.05) is 31.2 Å². The highest BCUT2D eigenvalue weighted by atomic mass is 16.2. The quantitative estimate of drug-likeness (QED) is 0.821. The van der Waals surface area contributed by atoms with Crippen LogP contribution in [0, 0.1) is 18.8 Å². The van der Waals surface area contributed by atoms with Gasteiger partial charge in [0.25, 0.3) is 0 Å². The fourth-order valence-corrected chi connectivity index (χ4v) is 4.11. The van der Waals surface area contributed by atoms with Gasteiger partial charge in [-0.05, 0) is 44.2 Å². The number of nitrogens with one attached hydrogen (secondary N) is 1. The van der Waals surface area contributed by atoms with Gasteiger partial charge in [-0.1, -0.05) is 32.0 Å². The van der Waals surface area contributed by atoms with Crippen molar-refractivity contribution < 1.29 is 4.79 Å². The molecule has 3 rings (SSSR count). The molecule has 1 fully saturated rings. The molecule has 5 nitrogen and oxygen atoms in total. The minimum atomic E-state index is 0.0358. The Bertz CT molecular complexity index is 714. The molecule has 5 heteroatoms. The highest BCUT2D eigenvalue weighted by molar-refractivity contribution is 5.84. The van der Waals surface area contributed by atoms with Gasteiger partial charge in [0.05, 0.1) is 11.2 Å². The smallest absolute Gasteiger partial charge is 0.241 e. The normalized spacial score (nSPS) is 21.6. The van der Waals surface area contributed by atoms with E-state index in [2.05, 4.69) is 29.2 Å². The van der Waals surface area contributed by atoms with Crippen LogP contribution in [0.5, 0.6) is 0 Å². The molecule has 2 atom stereocenters. The van der Waals surface area contributed by atoms with E-state index in [-0.39, 0.29) is 12.5 Å². The zero-order valence-corrected chi connectivity index (χ0v) is 15.7. The van der Waals surface area contributed by atoms with Gasteiger partial charge < -0.3 is 10.2 Å². The summed E-state index contributed by atoms with van der Waals surface area (Å²) in [5.41, 5.74) is 1.99. The zero-order chi connectivity index (χ0) is 17.8. The third-order valence-corrected chi connectivity index (χ3v) is 5.05. The van der Waals surface area contributed by atoms with E-state index in [9.17, 15) is 4.79 Å². The van der Waals surface area contributed by atoms with Crippen molar-refractivity contribution in [2.24, 2.45) is 11.8 Å². The van der Waals surface area contributed by atoms with Crippen LogP contribution in [0.3, 0.4) is 0 Å². The SMILES string of the molecule is Cc1nn(CC(=O)NCCCN2C[C@H](C)C[C@H](C)C2)c2ccccc12. The Balaban J connectivity index is 1.44. The van der Waals surface area contributed by atoms with Gasteiger partial charge in [-0.25, -0.2) is 0 Å². The molecule has 0 radical (unpaired) electrons. The second-order valence-corrected chi connectivity index (χ2v) is 7.67. The molecule has 1 aromatic carbocycles. The summed E-state index contributed by atoms with van der Waals surface area (Å²) in [7, 11) is 0. The van der Waals surface area contributed by atoms with Crippen LogP contribution >= 0.6 is 0 Å². The van der Waals surface area contributed by atoms with Gasteiger partial charge in [-0.2, -0.15) is 5.10 Å². The van der Waals surface area contributed by atoms with Crippen molar-refractivity contribution in [3.05, 3.63) is 30.0 Å². The van der Waals surface area contributed by atoms with Crippen molar-refractivity contribution in [1.82, 2.24) is 20.0 Å². The standard InChI is InChI=1S/C20H30N4O/c1-15-11-16(2)13-23(12-15)10-6-9-21-20(25)14-24-19-8-5-4-7-18(19)17(3)22-24/h4-5,7-8,15-16H,6,9-14H2,1-3H3,(H,21,25)/t15-,16+. The maximum atomic E-state index is 12.2. The molecule has 1 aliphatic heterocycles. The Morgan fingerprint density at radius 1 is 1.24 bits per heavy atom. The number of aryl methyl sites for hydroxylation is 1. The van der Waals surface area contributed by atoms with E-state index in [1.165, 1.54) is 19.5 Å². The van der Waals surface area contributed by atoms with E-state index < -0.39 is 0 Å². The highest BCUT2D eigenvalue weighted by Gasteiger charge is 2.21. The van der Waals surface area contributed by atoms with Crippen LogP contribution in [0.2, 0.25) is 0 Å². The lowest BCUT2D eigenvalue weighted by Crippen LogP contribution is -2.40. The highest BCUT2D eigenvalue weighted by Crippen LogP contribution is 2.20. The Hall–Kier alpha value is -1.88. The molecule has 1 aliphatic rings. The monoisotopic (exact) mass is 342 g/mol. The molecule has 1 N–H and O–H groups in total. The summed E-state index contributed by atoms with van der Waals surface area (Å²) >= 11 is 0. The number of hydrogen-bond donors (Lipinski definition) is 1. The summed E-state index contributed by atoms with van der Waals surface area (Å²) in [6.45, 7) is 11.1. The summed E-state index contributed by atoms with van der Waals surface area (Å²) in [5.74, 6) is 1.61. The molecule has 25 heavy (non-hydrogen) atoms. The molecule has 1 amide bonds. The van der Waals surface area contributed by atoms with Crippen molar-refractivity contribution in [2.45, 2.75) is 40.2 Å². The van der Waals surface area contributed by atoms with Crippen molar-refractivity contribution in [3.8, 4) is 0 Å². The van der Waals surface area contributed by atoms with Crippen molar-refractivity contribution >= 4 is 16.8 Å². The van der Waals surface area contributed by atoms with Crippen LogP contribution in [0.1, 0.15) is 32.4 Å². The molecular weight excluding hydrogens is 312 g/mol. The number of fused-ring (bicyclic) bond motifs is 1. The van der Waals surface area contributed by atoms with E-state index in [0.717, 1.165) is 47.9 Å². The topological polar surface area (TPSA) is 50.2 Å². The van der Waals surface area contributed by atoms with Gasteiger partial charge in [-0.3, -0.25) is 9.48 Å². The second kappa shape index (κ2) is 8.00. The molecule has 1 aromatic heterocycles. The number of para-hydroxylation sites is 1. The molecule has 0 unspecified atom stereocenters. The number of piperidine rings is 1. The molecular formula is C20H30N4O. The molecule has 0 aliphatic carbocycles. The number of hydrogen-bond acceptors (Lipinski definition) is 3. The van der Waals surface area contributed by atoms with Crippen LogP contribution in [0.4, 0.5) is 0 Å². The van der Waals surface area contributed by atoms with Crippen LogP contribution in [0.15, 0.2) is 24.3 Å². The number of aromatic nitrogens is 2. The summed E-state index contributed by atoms with van der Waals surface area (Å²) in [4.78, 5) is 14.8. The third-order valence-electron chi connectivity index (χ3n) is 5.05. The number of carbonyl (C=O) groups is 1. The van der Waals surface area contributed by atoms with E-state index in [1.54, 1.807) is 4.68 Å². The van der Waals surface area contributed by atoms with E-state index in [0.29, 0.717) is 0 Å². The lowest BCUT2D eigenvalue weighted by Gasteiger charge is -2.34. The first-order chi connectivity index (χ1) is 12.0. The van der Waals surface area contributed by atoms with E-state index >= 15 is 0 Å². The number of carbonyl (C=O) groups excluding carboxylic acids is 1. The largest absolute Gasteiger partial charge is 0.354 e. The maximum absolute atomic E-state index is 12.2. The number of rotatable bonds is 6. The average Bonchev–Trinajstić information content (AvgIpc) is 2.87. The predicted octanol–water partition coefficient (Wildman–Crippen LogP) is 2.83. The summed E-state index contributed by atoms with van der Waals surface area (Å²) in [5, 5.41) is 8.65. The summed E-state index contributed by atoms with van der Waals surface area (Å²) in [6, 6.07) is 8.05. The van der Waals surface area contributed by atoms with Crippen LogP contribution in [-0.2, 0) is 11.3 Å². The minimum absolute atomic E-state index is 0.0358. The molecule has 2 heterocycles. The van der Waals surface area contributed by atoms with Crippen LogP contribution in [-0.4, -0.2) is 46.8 Å². The van der Waals surface area contributed by atoms with Gasteiger partial charge >= 0.3 is 0 Å². The third kappa shape index (κ3) is 4.60. The first-order valence-electron chi connectivity index (χ1n) is 9.44. The predicted molar refractivity (Wildman–Crippen MR) is 101 cm³/mol. The van der Waals surface area contributed by atoms with Crippen LogP contribution < -0.4 is 5.32 Å². The summed E-state index contributed by atoms with van der Waals surface area (Å²) in [6.07, 6.45) is 2.34. The number of likely N-dealkylation sites (tertiary alicyclic amines) is 1. The Kier molecular flexibility index (Phi) is 5.74. The summed E-state index contributed by atoms with van der Waals surface area (Å²) < 4.78 is 1.80. The Morgan fingerprint density at radius 3 is 2.72 bits per heavy atom. The lowest BCUT2D eigenvalue weighted by atomic mass is 9.92. The molecule has 0 bridgehead atoms. The zero-order valence-electron chi connectivity index (χ0n) is 15.7. The maximum Gasteiger partial charge on any atom is 0.241 e. The second-order valence-electron chi connectivity index (χ2n) is 7.67. The minimum Gasteiger partial charge on any atom is -0.354 e. The average molecular weight is 342 g/mol. The van der Waals surface area contributed by atoms with Gasteiger partial charge in [0.1, 0.15) is 6.54 Å². The van der Waals surface area contributed by atoms with Gasteiger partial charge in [-0.15, -0.1) is 0 Å². The van der Waals surface area contributed by atoms with Gasteiger partial charge in [0.15, 0.2) is 0 Å². The number of nitrogens with zero attached hydrogens (tertiary/aromatic N) is 3. The van der Waals surface area contributed by atoms with Crippen molar-refractivity contribution in [1.29, 1.82) is 0 Å². The van der Waals surface area contributed by atoms with Gasteiger partial charge in [0, 0.05) is 25.0 Å². The van der Waals surface area contributed by atoms with Gasteiger partial charge in [0.2, 0.25) is 5.91 Å². The van der Waals surface area contributed by atoms with Crippen molar-refractivity contribution in [2.75, 3.05) is 26.2 Å². The molecule has 0 saturated carbocycles. The Morgan fingerprint density at radius 2 is 1.96 bits per heavy atom. The fourth-order valence-electron chi connectivity index (χ4n) is 4.11. The lowest BCUT2D eigenvalue weighted by molar-refractivity contribution is -0.121. The molecule has 0 spiro atoms. The van der Waals surface area contributed by atoms with Crippen LogP contribution in [0.25, 0.3) is 10.9 Å². The van der Waals surface area contributed by atoms with Crippen molar-refractivity contribution in [3.63, 3.8) is 0 Å². The van der Waals surface area contributed by atoms with E-state index in [4.69, 9.17) is 0 Å². The Labute approximate surface area is 150 Å². The fraction of sp³-hybridized carbons (Fsp3) is 0.600. The molecule has 136 valence electrons. The first-order valence-corrected chi connectivity index (χ1v) is 9.44.